The Morgan fingerprint density at radius 3 is 2.70 bits per heavy atom. The van der Waals surface area contributed by atoms with Crippen LogP contribution in [0.1, 0.15) is 66.8 Å². The first-order valence-corrected chi connectivity index (χ1v) is 12.3. The molecule has 3 amide bonds. The second-order valence-electron chi connectivity index (χ2n) is 8.96. The number of nitrogens with zero attached hydrogens (tertiary/aromatic N) is 1. The zero-order valence-corrected chi connectivity index (χ0v) is 19.7. The number of piperidine rings is 1. The van der Waals surface area contributed by atoms with Crippen molar-refractivity contribution < 1.29 is 9.59 Å². The monoisotopic (exact) mass is 465 g/mol. The van der Waals surface area contributed by atoms with Gasteiger partial charge in [-0.3, -0.25) is 4.79 Å². The first-order chi connectivity index (χ1) is 16.1. The molecule has 33 heavy (non-hydrogen) atoms. The highest BCUT2D eigenvalue weighted by Gasteiger charge is 2.25. The molecule has 1 fully saturated rings. The minimum absolute atomic E-state index is 0.0265. The lowest BCUT2D eigenvalue weighted by Gasteiger charge is -2.33. The Bertz CT molecular complexity index is 1000. The normalized spacial score (nSPS) is 18.4. The molecule has 2 N–H and O–H groups in total. The number of allylic oxidation sites excluding steroid dienone is 1. The molecule has 0 unspecified atom stereocenters. The molecule has 0 aromatic heterocycles. The Morgan fingerprint density at radius 1 is 1.06 bits per heavy atom. The van der Waals surface area contributed by atoms with Crippen molar-refractivity contribution in [1.82, 2.24) is 10.2 Å². The van der Waals surface area contributed by atoms with Gasteiger partial charge in [-0.1, -0.05) is 35.4 Å². The molecule has 1 saturated heterocycles. The van der Waals surface area contributed by atoms with Crippen molar-refractivity contribution in [2.24, 2.45) is 0 Å². The summed E-state index contributed by atoms with van der Waals surface area (Å²) in [4.78, 5) is 27.3. The molecule has 1 aliphatic carbocycles. The van der Waals surface area contributed by atoms with E-state index in [1.54, 1.807) is 24.3 Å². The standard InChI is InChI=1S/C27H32ClN3O2/c28-24-11-13-25(14-12-24)30-27(33)31-17-5-10-23(19-31)21-8-4-9-22(18-21)26(32)29-16-15-20-6-2-1-3-7-20/h4,6,8-9,11-14,18,23H,1-3,5,7,10,15-17,19H2,(H,29,32)(H,30,33)/t23-/m0/s1. The average molecular weight is 466 g/mol. The summed E-state index contributed by atoms with van der Waals surface area (Å²) in [6, 6.07) is 14.9. The van der Waals surface area contributed by atoms with Crippen LogP contribution in [0.4, 0.5) is 10.5 Å². The number of rotatable bonds is 6. The second-order valence-corrected chi connectivity index (χ2v) is 9.40. The van der Waals surface area contributed by atoms with Crippen LogP contribution in [0.5, 0.6) is 0 Å². The van der Waals surface area contributed by atoms with E-state index < -0.39 is 0 Å². The number of carbonyl (C=O) groups is 2. The molecule has 1 heterocycles. The van der Waals surface area contributed by atoms with Gasteiger partial charge in [-0.05, 0) is 86.9 Å². The smallest absolute Gasteiger partial charge is 0.321 e. The SMILES string of the molecule is O=C(NCCC1=CCCCC1)c1cccc([C@H]2CCCN(C(=O)Nc3ccc(Cl)cc3)C2)c1. The number of likely N-dealkylation sites (tertiary alicyclic amines) is 1. The maximum absolute atomic E-state index is 12.8. The van der Waals surface area contributed by atoms with Crippen LogP contribution in [0, 0.1) is 0 Å². The lowest BCUT2D eigenvalue weighted by atomic mass is 9.89. The van der Waals surface area contributed by atoms with Gasteiger partial charge in [-0.25, -0.2) is 4.79 Å². The summed E-state index contributed by atoms with van der Waals surface area (Å²) in [5, 5.41) is 6.66. The molecule has 0 bridgehead atoms. The van der Waals surface area contributed by atoms with Crippen molar-refractivity contribution in [2.45, 2.75) is 50.9 Å². The Hall–Kier alpha value is -2.79. The number of anilines is 1. The molecule has 0 radical (unpaired) electrons. The predicted octanol–water partition coefficient (Wildman–Crippen LogP) is 6.37. The van der Waals surface area contributed by atoms with Gasteiger partial charge in [-0.15, -0.1) is 0 Å². The number of hydrogen-bond donors (Lipinski definition) is 2. The molecule has 2 aliphatic rings. The van der Waals surface area contributed by atoms with E-state index in [1.807, 2.05) is 23.1 Å². The largest absolute Gasteiger partial charge is 0.352 e. The topological polar surface area (TPSA) is 61.4 Å². The number of halogens is 1. The summed E-state index contributed by atoms with van der Waals surface area (Å²) >= 11 is 5.93. The number of carbonyl (C=O) groups excluding carboxylic acids is 2. The summed E-state index contributed by atoms with van der Waals surface area (Å²) in [5.41, 5.74) is 4.00. The fraction of sp³-hybridized carbons (Fsp3) is 0.407. The molecule has 5 nitrogen and oxygen atoms in total. The predicted molar refractivity (Wildman–Crippen MR) is 134 cm³/mol. The van der Waals surface area contributed by atoms with E-state index >= 15 is 0 Å². The molecule has 2 aromatic rings. The van der Waals surface area contributed by atoms with Gasteiger partial charge in [0.2, 0.25) is 0 Å². The summed E-state index contributed by atoms with van der Waals surface area (Å²) in [6.45, 7) is 2.04. The molecular formula is C27H32ClN3O2. The maximum Gasteiger partial charge on any atom is 0.321 e. The van der Waals surface area contributed by atoms with E-state index in [-0.39, 0.29) is 17.9 Å². The van der Waals surface area contributed by atoms with Gasteiger partial charge in [0.25, 0.3) is 5.91 Å². The van der Waals surface area contributed by atoms with E-state index in [2.05, 4.69) is 22.8 Å². The first kappa shape index (κ1) is 23.4. The van der Waals surface area contributed by atoms with E-state index in [4.69, 9.17) is 11.6 Å². The van der Waals surface area contributed by atoms with Gasteiger partial charge >= 0.3 is 6.03 Å². The van der Waals surface area contributed by atoms with Crippen LogP contribution in [0.2, 0.25) is 5.02 Å². The molecule has 0 spiro atoms. The molecule has 1 aliphatic heterocycles. The quantitative estimate of drug-likeness (QED) is 0.487. The van der Waals surface area contributed by atoms with Gasteiger partial charge in [-0.2, -0.15) is 0 Å². The fourth-order valence-corrected chi connectivity index (χ4v) is 4.80. The average Bonchev–Trinajstić information content (AvgIpc) is 2.86. The van der Waals surface area contributed by atoms with Crippen LogP contribution in [-0.2, 0) is 0 Å². The molecule has 2 aromatic carbocycles. The third-order valence-electron chi connectivity index (χ3n) is 6.54. The molecule has 1 atom stereocenters. The van der Waals surface area contributed by atoms with Gasteiger partial charge in [0, 0.05) is 41.8 Å². The number of urea groups is 1. The van der Waals surface area contributed by atoms with Crippen molar-refractivity contribution in [2.75, 3.05) is 25.0 Å². The molecule has 4 rings (SSSR count). The lowest BCUT2D eigenvalue weighted by Crippen LogP contribution is -2.41. The van der Waals surface area contributed by atoms with Crippen molar-refractivity contribution in [1.29, 1.82) is 0 Å². The highest BCUT2D eigenvalue weighted by atomic mass is 35.5. The van der Waals surface area contributed by atoms with Crippen molar-refractivity contribution in [3.05, 3.63) is 76.3 Å². The molecule has 174 valence electrons. The zero-order valence-electron chi connectivity index (χ0n) is 19.0. The van der Waals surface area contributed by atoms with Gasteiger partial charge in [0.1, 0.15) is 0 Å². The lowest BCUT2D eigenvalue weighted by molar-refractivity contribution is 0.0953. The Morgan fingerprint density at radius 2 is 1.91 bits per heavy atom. The highest BCUT2D eigenvalue weighted by Crippen LogP contribution is 2.28. The minimum Gasteiger partial charge on any atom is -0.352 e. The van der Waals surface area contributed by atoms with E-state index in [0.29, 0.717) is 23.7 Å². The third-order valence-corrected chi connectivity index (χ3v) is 6.79. The van der Waals surface area contributed by atoms with Crippen LogP contribution in [-0.4, -0.2) is 36.5 Å². The van der Waals surface area contributed by atoms with E-state index in [9.17, 15) is 9.59 Å². The van der Waals surface area contributed by atoms with E-state index in [1.165, 1.54) is 24.8 Å². The van der Waals surface area contributed by atoms with Crippen molar-refractivity contribution >= 4 is 29.2 Å². The van der Waals surface area contributed by atoms with Crippen LogP contribution in [0.25, 0.3) is 0 Å². The summed E-state index contributed by atoms with van der Waals surface area (Å²) in [6.07, 6.45) is 10.1. The van der Waals surface area contributed by atoms with Crippen LogP contribution < -0.4 is 10.6 Å². The Labute approximate surface area is 201 Å². The summed E-state index contributed by atoms with van der Waals surface area (Å²) < 4.78 is 0. The number of hydrogen-bond acceptors (Lipinski definition) is 2. The molecular weight excluding hydrogens is 434 g/mol. The number of amides is 3. The van der Waals surface area contributed by atoms with Crippen LogP contribution in [0.15, 0.2) is 60.2 Å². The van der Waals surface area contributed by atoms with Crippen LogP contribution in [0.3, 0.4) is 0 Å². The van der Waals surface area contributed by atoms with Gasteiger partial charge < -0.3 is 15.5 Å². The van der Waals surface area contributed by atoms with Gasteiger partial charge in [0.15, 0.2) is 0 Å². The van der Waals surface area contributed by atoms with Crippen LogP contribution >= 0.6 is 11.6 Å². The van der Waals surface area contributed by atoms with Crippen molar-refractivity contribution in [3.63, 3.8) is 0 Å². The van der Waals surface area contributed by atoms with Crippen molar-refractivity contribution in [3.8, 4) is 0 Å². The second kappa shape index (κ2) is 11.4. The number of benzene rings is 2. The van der Waals surface area contributed by atoms with E-state index in [0.717, 1.165) is 43.5 Å². The molecule has 0 saturated carbocycles. The first-order valence-electron chi connectivity index (χ1n) is 12.0. The molecule has 6 heteroatoms. The fourth-order valence-electron chi connectivity index (χ4n) is 4.67. The summed E-state index contributed by atoms with van der Waals surface area (Å²) in [7, 11) is 0. The maximum atomic E-state index is 12.8. The Kier molecular flexibility index (Phi) is 8.05. The number of nitrogens with one attached hydrogen (secondary N) is 2. The highest BCUT2D eigenvalue weighted by molar-refractivity contribution is 6.30. The zero-order chi connectivity index (χ0) is 23.0. The Balaban J connectivity index is 1.32. The third kappa shape index (κ3) is 6.61. The summed E-state index contributed by atoms with van der Waals surface area (Å²) in [5.74, 6) is 0.191. The minimum atomic E-state index is -0.104. The van der Waals surface area contributed by atoms with Gasteiger partial charge in [0.05, 0.1) is 0 Å².